The van der Waals surface area contributed by atoms with E-state index in [0.29, 0.717) is 15.9 Å². The van der Waals surface area contributed by atoms with E-state index < -0.39 is 5.97 Å². The molecule has 0 fully saturated rings. The molecule has 1 heterocycles. The van der Waals surface area contributed by atoms with Gasteiger partial charge < -0.3 is 10.4 Å². The van der Waals surface area contributed by atoms with Gasteiger partial charge in [0.05, 0.1) is 11.1 Å². The second-order valence-corrected chi connectivity index (χ2v) is 4.88. The Kier molecular flexibility index (Phi) is 4.14. The standard InChI is InChI=1S/C14H11BrN2O3/c1-8-4-5-9(14(19)20)7-11(8)17-13(18)10-3-2-6-16-12(10)15/h2-7H,1H3,(H,17,18)(H,19,20). The topological polar surface area (TPSA) is 79.3 Å². The van der Waals surface area contributed by atoms with Crippen molar-refractivity contribution in [2.45, 2.75) is 6.92 Å². The first-order chi connectivity index (χ1) is 9.49. The van der Waals surface area contributed by atoms with Crippen LogP contribution in [0.5, 0.6) is 0 Å². The van der Waals surface area contributed by atoms with Gasteiger partial charge >= 0.3 is 5.97 Å². The van der Waals surface area contributed by atoms with Crippen molar-refractivity contribution in [1.82, 2.24) is 4.98 Å². The highest BCUT2D eigenvalue weighted by molar-refractivity contribution is 9.10. The number of carboxylic acids is 1. The highest BCUT2D eigenvalue weighted by atomic mass is 79.9. The lowest BCUT2D eigenvalue weighted by Crippen LogP contribution is -2.14. The number of hydrogen-bond acceptors (Lipinski definition) is 3. The summed E-state index contributed by atoms with van der Waals surface area (Å²) in [5.41, 5.74) is 1.75. The van der Waals surface area contributed by atoms with E-state index in [1.165, 1.54) is 12.1 Å². The van der Waals surface area contributed by atoms with Crippen LogP contribution in [0.3, 0.4) is 0 Å². The fourth-order valence-corrected chi connectivity index (χ4v) is 2.07. The molecule has 0 bridgehead atoms. The third kappa shape index (κ3) is 3.03. The first kappa shape index (κ1) is 14.2. The lowest BCUT2D eigenvalue weighted by Gasteiger charge is -2.10. The fraction of sp³-hybridized carbons (Fsp3) is 0.0714. The molecule has 0 atom stereocenters. The third-order valence-corrected chi connectivity index (χ3v) is 3.37. The van der Waals surface area contributed by atoms with Crippen LogP contribution in [-0.2, 0) is 0 Å². The third-order valence-electron chi connectivity index (χ3n) is 2.74. The van der Waals surface area contributed by atoms with Gasteiger partial charge in [0.15, 0.2) is 0 Å². The highest BCUT2D eigenvalue weighted by Gasteiger charge is 2.13. The minimum absolute atomic E-state index is 0.121. The summed E-state index contributed by atoms with van der Waals surface area (Å²) in [5.74, 6) is -1.39. The zero-order chi connectivity index (χ0) is 14.7. The quantitative estimate of drug-likeness (QED) is 0.845. The van der Waals surface area contributed by atoms with E-state index in [4.69, 9.17) is 5.11 Å². The number of carbonyl (C=O) groups excluding carboxylic acids is 1. The summed E-state index contributed by atoms with van der Waals surface area (Å²) in [4.78, 5) is 27.1. The van der Waals surface area contributed by atoms with Crippen LogP contribution in [0.25, 0.3) is 0 Å². The lowest BCUT2D eigenvalue weighted by atomic mass is 10.1. The number of rotatable bonds is 3. The van der Waals surface area contributed by atoms with E-state index in [1.54, 1.807) is 31.3 Å². The minimum Gasteiger partial charge on any atom is -0.478 e. The maximum absolute atomic E-state index is 12.1. The van der Waals surface area contributed by atoms with Crippen LogP contribution in [0.15, 0.2) is 41.1 Å². The maximum Gasteiger partial charge on any atom is 0.335 e. The molecular formula is C14H11BrN2O3. The highest BCUT2D eigenvalue weighted by Crippen LogP contribution is 2.20. The van der Waals surface area contributed by atoms with Gasteiger partial charge in [-0.3, -0.25) is 4.79 Å². The summed E-state index contributed by atoms with van der Waals surface area (Å²) in [6.45, 7) is 1.79. The molecule has 0 aliphatic heterocycles. The predicted molar refractivity (Wildman–Crippen MR) is 78.0 cm³/mol. The van der Waals surface area contributed by atoms with Crippen molar-refractivity contribution >= 4 is 33.5 Å². The van der Waals surface area contributed by atoms with Crippen molar-refractivity contribution in [2.24, 2.45) is 0 Å². The number of aromatic carboxylic acids is 1. The van der Waals surface area contributed by atoms with Crippen molar-refractivity contribution in [3.8, 4) is 0 Å². The van der Waals surface area contributed by atoms with Crippen molar-refractivity contribution < 1.29 is 14.7 Å². The predicted octanol–water partition coefficient (Wildman–Crippen LogP) is 3.10. The minimum atomic E-state index is -1.04. The maximum atomic E-state index is 12.1. The van der Waals surface area contributed by atoms with Crippen molar-refractivity contribution in [1.29, 1.82) is 0 Å². The monoisotopic (exact) mass is 334 g/mol. The molecule has 2 N–H and O–H groups in total. The number of hydrogen-bond donors (Lipinski definition) is 2. The van der Waals surface area contributed by atoms with Gasteiger partial charge in [0, 0.05) is 11.9 Å². The Morgan fingerprint density at radius 3 is 2.70 bits per heavy atom. The van der Waals surface area contributed by atoms with Crippen molar-refractivity contribution in [3.05, 3.63) is 57.8 Å². The van der Waals surface area contributed by atoms with Gasteiger partial charge in [0.1, 0.15) is 4.60 Å². The van der Waals surface area contributed by atoms with Crippen LogP contribution in [0, 0.1) is 6.92 Å². The normalized spacial score (nSPS) is 10.1. The molecule has 20 heavy (non-hydrogen) atoms. The average Bonchev–Trinajstić information content (AvgIpc) is 2.41. The van der Waals surface area contributed by atoms with Crippen LogP contribution in [-0.4, -0.2) is 22.0 Å². The van der Waals surface area contributed by atoms with Gasteiger partial charge in [-0.25, -0.2) is 9.78 Å². The molecule has 1 amide bonds. The van der Waals surface area contributed by atoms with Crippen LogP contribution < -0.4 is 5.32 Å². The number of carboxylic acid groups (broad SMARTS) is 1. The first-order valence-corrected chi connectivity index (χ1v) is 6.54. The Morgan fingerprint density at radius 2 is 2.05 bits per heavy atom. The van der Waals surface area contributed by atoms with Gasteiger partial charge in [-0.1, -0.05) is 6.07 Å². The van der Waals surface area contributed by atoms with Gasteiger partial charge in [0.25, 0.3) is 5.91 Å². The smallest absolute Gasteiger partial charge is 0.335 e. The molecular weight excluding hydrogens is 324 g/mol. The largest absolute Gasteiger partial charge is 0.478 e. The summed E-state index contributed by atoms with van der Waals surface area (Å²) in [7, 11) is 0. The van der Waals surface area contributed by atoms with E-state index in [0.717, 1.165) is 5.56 Å². The Hall–Kier alpha value is -2.21. The number of anilines is 1. The molecule has 5 nitrogen and oxygen atoms in total. The van der Waals surface area contributed by atoms with Crippen molar-refractivity contribution in [3.63, 3.8) is 0 Å². The number of aryl methyl sites for hydroxylation is 1. The molecule has 0 aliphatic rings. The molecule has 0 aliphatic carbocycles. The van der Waals surface area contributed by atoms with Gasteiger partial charge in [-0.05, 0) is 52.7 Å². The molecule has 6 heteroatoms. The summed E-state index contributed by atoms with van der Waals surface area (Å²) in [6, 6.07) is 7.85. The number of amides is 1. The Morgan fingerprint density at radius 1 is 1.30 bits per heavy atom. The van der Waals surface area contributed by atoms with Crippen LogP contribution in [0.1, 0.15) is 26.3 Å². The summed E-state index contributed by atoms with van der Waals surface area (Å²) < 4.78 is 0.435. The summed E-state index contributed by atoms with van der Waals surface area (Å²) in [5, 5.41) is 11.7. The number of halogens is 1. The van der Waals surface area contributed by atoms with E-state index in [1.807, 2.05) is 0 Å². The second kappa shape index (κ2) is 5.83. The Labute approximate surface area is 123 Å². The number of aromatic nitrogens is 1. The van der Waals surface area contributed by atoms with E-state index in [9.17, 15) is 9.59 Å². The SMILES string of the molecule is Cc1ccc(C(=O)O)cc1NC(=O)c1cccnc1Br. The molecule has 0 saturated carbocycles. The molecule has 2 aromatic rings. The van der Waals surface area contributed by atoms with E-state index in [2.05, 4.69) is 26.2 Å². The Bertz CT molecular complexity index is 686. The number of nitrogens with one attached hydrogen (secondary N) is 1. The molecule has 102 valence electrons. The molecule has 1 aromatic heterocycles. The summed E-state index contributed by atoms with van der Waals surface area (Å²) in [6.07, 6.45) is 1.57. The molecule has 0 radical (unpaired) electrons. The number of carbonyl (C=O) groups is 2. The number of benzene rings is 1. The Balaban J connectivity index is 2.30. The van der Waals surface area contributed by atoms with Crippen molar-refractivity contribution in [2.75, 3.05) is 5.32 Å². The van der Waals surface area contributed by atoms with Crippen LogP contribution >= 0.6 is 15.9 Å². The van der Waals surface area contributed by atoms with Crippen LogP contribution in [0.4, 0.5) is 5.69 Å². The van der Waals surface area contributed by atoms with Crippen LogP contribution in [0.2, 0.25) is 0 Å². The van der Waals surface area contributed by atoms with E-state index in [-0.39, 0.29) is 11.5 Å². The average molecular weight is 335 g/mol. The number of nitrogens with zero attached hydrogens (tertiary/aromatic N) is 1. The molecule has 1 aromatic carbocycles. The number of pyridine rings is 1. The molecule has 0 saturated heterocycles. The molecule has 2 rings (SSSR count). The molecule has 0 unspecified atom stereocenters. The fourth-order valence-electron chi connectivity index (χ4n) is 1.63. The second-order valence-electron chi connectivity index (χ2n) is 4.13. The lowest BCUT2D eigenvalue weighted by molar-refractivity contribution is 0.0696. The van der Waals surface area contributed by atoms with Gasteiger partial charge in [-0.2, -0.15) is 0 Å². The molecule has 0 spiro atoms. The summed E-state index contributed by atoms with van der Waals surface area (Å²) >= 11 is 3.20. The first-order valence-electron chi connectivity index (χ1n) is 5.75. The van der Waals surface area contributed by atoms with E-state index >= 15 is 0 Å². The zero-order valence-corrected chi connectivity index (χ0v) is 12.1. The van der Waals surface area contributed by atoms with Gasteiger partial charge in [-0.15, -0.1) is 0 Å². The zero-order valence-electron chi connectivity index (χ0n) is 10.6. The van der Waals surface area contributed by atoms with Gasteiger partial charge in [0.2, 0.25) is 0 Å².